The Morgan fingerprint density at radius 2 is 1.24 bits per heavy atom. The summed E-state index contributed by atoms with van der Waals surface area (Å²) in [6.07, 6.45) is 0. The number of aromatic nitrogens is 2. The Morgan fingerprint density at radius 3 is 2.11 bits per heavy atom. The van der Waals surface area contributed by atoms with Gasteiger partial charge in [-0.15, -0.1) is 0 Å². The number of fused-ring (bicyclic) bond motifs is 11. The van der Waals surface area contributed by atoms with Gasteiger partial charge < -0.3 is 8.98 Å². The Morgan fingerprint density at radius 1 is 0.533 bits per heavy atom. The quantitative estimate of drug-likeness (QED) is 0.200. The molecule has 1 aliphatic rings. The number of nitrogens with zero attached hydrogens (tertiary/aromatic N) is 2. The molecule has 214 valence electrons. The smallest absolute Gasteiger partial charge is 0.135 e. The van der Waals surface area contributed by atoms with Gasteiger partial charge in [0.1, 0.15) is 16.8 Å². The monoisotopic (exact) mass is 578 g/mol. The molecule has 6 aromatic carbocycles. The summed E-state index contributed by atoms with van der Waals surface area (Å²) >= 11 is 0. The van der Waals surface area contributed by atoms with Crippen LogP contribution in [0, 0.1) is 0 Å². The van der Waals surface area contributed by atoms with E-state index >= 15 is 0 Å². The molecule has 3 heteroatoms. The van der Waals surface area contributed by atoms with Crippen molar-refractivity contribution in [3.63, 3.8) is 0 Å². The number of benzene rings is 6. The second-order valence-corrected chi connectivity index (χ2v) is 13.1. The zero-order chi connectivity index (χ0) is 30.0. The number of para-hydroxylation sites is 2. The van der Waals surface area contributed by atoms with E-state index in [4.69, 9.17) is 4.42 Å². The van der Waals surface area contributed by atoms with Gasteiger partial charge in [-0.05, 0) is 88.0 Å². The first-order valence-electron chi connectivity index (χ1n) is 15.7. The first kappa shape index (κ1) is 24.9. The molecule has 0 bridgehead atoms. The van der Waals surface area contributed by atoms with Gasteiger partial charge in [-0.1, -0.05) is 86.6 Å². The van der Waals surface area contributed by atoms with E-state index in [9.17, 15) is 0 Å². The van der Waals surface area contributed by atoms with Crippen LogP contribution in [0.5, 0.6) is 0 Å². The Balaban J connectivity index is 1.21. The van der Waals surface area contributed by atoms with E-state index in [-0.39, 0.29) is 5.41 Å². The molecule has 0 amide bonds. The van der Waals surface area contributed by atoms with Gasteiger partial charge in [0, 0.05) is 45.1 Å². The first-order chi connectivity index (χ1) is 22.0. The maximum absolute atomic E-state index is 6.49. The van der Waals surface area contributed by atoms with Crippen LogP contribution >= 0.6 is 0 Å². The highest BCUT2D eigenvalue weighted by atomic mass is 16.3. The van der Waals surface area contributed by atoms with Gasteiger partial charge in [0.2, 0.25) is 0 Å². The van der Waals surface area contributed by atoms with E-state index in [0.717, 1.165) is 16.6 Å². The fraction of sp³-hybridized carbons (Fsp3) is 0.0952. The number of rotatable bonds is 2. The second kappa shape index (κ2) is 8.55. The van der Waals surface area contributed by atoms with Gasteiger partial charge >= 0.3 is 0 Å². The average Bonchev–Trinajstić information content (AvgIpc) is 3.76. The van der Waals surface area contributed by atoms with Gasteiger partial charge in [0.05, 0.1) is 11.0 Å². The molecular weight excluding hydrogens is 548 g/mol. The molecule has 45 heavy (non-hydrogen) atoms. The number of hydrogen-bond donors (Lipinski definition) is 0. The van der Waals surface area contributed by atoms with Crippen LogP contribution in [-0.2, 0) is 12.5 Å². The number of hydrogen-bond acceptors (Lipinski definition) is 1. The molecule has 0 N–H and O–H groups in total. The van der Waals surface area contributed by atoms with Gasteiger partial charge in [-0.3, -0.25) is 4.57 Å². The molecule has 0 radical (unpaired) electrons. The molecule has 3 nitrogen and oxygen atoms in total. The van der Waals surface area contributed by atoms with Crippen LogP contribution in [0.3, 0.4) is 0 Å². The van der Waals surface area contributed by atoms with Crippen molar-refractivity contribution >= 4 is 54.8 Å². The minimum absolute atomic E-state index is 0.0528. The highest BCUT2D eigenvalue weighted by Gasteiger charge is 2.36. The molecule has 0 saturated heterocycles. The van der Waals surface area contributed by atoms with E-state index in [0.29, 0.717) is 0 Å². The Hall–Kier alpha value is -5.54. The van der Waals surface area contributed by atoms with Crippen molar-refractivity contribution in [3.8, 4) is 27.9 Å². The molecule has 10 rings (SSSR count). The third-order valence-electron chi connectivity index (χ3n) is 10.3. The third-order valence-corrected chi connectivity index (χ3v) is 10.3. The highest BCUT2D eigenvalue weighted by molar-refractivity contribution is 6.22. The van der Waals surface area contributed by atoms with Gasteiger partial charge in [-0.2, -0.15) is 0 Å². The Labute approximate surface area is 260 Å². The van der Waals surface area contributed by atoms with Crippen molar-refractivity contribution in [1.29, 1.82) is 0 Å². The molecule has 3 heterocycles. The zero-order valence-electron chi connectivity index (χ0n) is 25.4. The predicted octanol–water partition coefficient (Wildman–Crippen LogP) is 11.1. The minimum Gasteiger partial charge on any atom is -0.456 e. The normalized spacial score (nSPS) is 13.8. The van der Waals surface area contributed by atoms with E-state index in [1.54, 1.807) is 0 Å². The molecule has 9 aromatic rings. The predicted molar refractivity (Wildman–Crippen MR) is 188 cm³/mol. The second-order valence-electron chi connectivity index (χ2n) is 13.1. The van der Waals surface area contributed by atoms with Crippen molar-refractivity contribution < 1.29 is 4.42 Å². The highest BCUT2D eigenvalue weighted by Crippen LogP contribution is 2.51. The molecule has 0 atom stereocenters. The Kier molecular flexibility index (Phi) is 4.72. The van der Waals surface area contributed by atoms with Crippen molar-refractivity contribution in [2.75, 3.05) is 0 Å². The summed E-state index contributed by atoms with van der Waals surface area (Å²) in [5, 5.41) is 6.16. The third kappa shape index (κ3) is 3.20. The van der Waals surface area contributed by atoms with Crippen molar-refractivity contribution in [3.05, 3.63) is 139 Å². The molecule has 0 aliphatic heterocycles. The Bertz CT molecular complexity index is 2680. The molecular formula is C42H30N2O. The SMILES string of the molecule is Cn1c2ccccc2c2c3cc(-c4ccc5oc6cc7c(cc6c5c4)-c4ccccc4C7(C)C)ccc3n(-c3ccccc3)c21. The summed E-state index contributed by atoms with van der Waals surface area (Å²) in [6.45, 7) is 4.64. The minimum atomic E-state index is -0.0528. The topological polar surface area (TPSA) is 23.0 Å². The zero-order valence-corrected chi connectivity index (χ0v) is 25.4. The fourth-order valence-electron chi connectivity index (χ4n) is 8.12. The molecule has 0 fully saturated rings. The number of aryl methyl sites for hydroxylation is 1. The van der Waals surface area contributed by atoms with Crippen molar-refractivity contribution in [1.82, 2.24) is 9.13 Å². The summed E-state index contributed by atoms with van der Waals surface area (Å²) in [4.78, 5) is 0. The first-order valence-corrected chi connectivity index (χ1v) is 15.7. The molecule has 0 spiro atoms. The van der Waals surface area contributed by atoms with Crippen LogP contribution in [0.4, 0.5) is 0 Å². The maximum atomic E-state index is 6.49. The molecule has 3 aromatic heterocycles. The van der Waals surface area contributed by atoms with Crippen LogP contribution < -0.4 is 0 Å². The summed E-state index contributed by atoms with van der Waals surface area (Å²) in [6, 6.07) is 46.5. The van der Waals surface area contributed by atoms with Gasteiger partial charge in [-0.25, -0.2) is 0 Å². The summed E-state index contributed by atoms with van der Waals surface area (Å²) in [7, 11) is 2.18. The summed E-state index contributed by atoms with van der Waals surface area (Å²) in [5.41, 5.74) is 14.4. The molecule has 1 aliphatic carbocycles. The van der Waals surface area contributed by atoms with E-state index in [2.05, 4.69) is 157 Å². The summed E-state index contributed by atoms with van der Waals surface area (Å²) in [5.74, 6) is 0. The van der Waals surface area contributed by atoms with Crippen LogP contribution in [0.25, 0.3) is 82.7 Å². The van der Waals surface area contributed by atoms with E-state index < -0.39 is 0 Å². The summed E-state index contributed by atoms with van der Waals surface area (Å²) < 4.78 is 11.2. The standard InChI is InChI=1S/C42H30N2O/c1-42(2)34-15-9-7-13-28(34)30-23-32-31-21-26(18-20-38(31)45-39(32)24-35(30)42)25-17-19-37-33(22-25)40-29-14-8-10-16-36(29)43(3)41(40)44(37)27-11-5-4-6-12-27/h4-24H,1-3H3. The van der Waals surface area contributed by atoms with Gasteiger partial charge in [0.25, 0.3) is 0 Å². The van der Waals surface area contributed by atoms with Crippen molar-refractivity contribution in [2.24, 2.45) is 7.05 Å². The number of furan rings is 1. The fourth-order valence-corrected chi connectivity index (χ4v) is 8.12. The molecule has 0 saturated carbocycles. The average molecular weight is 579 g/mol. The van der Waals surface area contributed by atoms with Crippen LogP contribution in [0.2, 0.25) is 0 Å². The molecule has 0 unspecified atom stereocenters. The lowest BCUT2D eigenvalue weighted by molar-refractivity contribution is 0.647. The van der Waals surface area contributed by atoms with Crippen molar-refractivity contribution in [2.45, 2.75) is 19.3 Å². The van der Waals surface area contributed by atoms with Crippen LogP contribution in [0.1, 0.15) is 25.0 Å². The van der Waals surface area contributed by atoms with Crippen LogP contribution in [-0.4, -0.2) is 9.13 Å². The lowest BCUT2D eigenvalue weighted by Gasteiger charge is -2.21. The lowest BCUT2D eigenvalue weighted by Crippen LogP contribution is -2.14. The van der Waals surface area contributed by atoms with E-state index in [1.807, 2.05) is 0 Å². The van der Waals surface area contributed by atoms with Crippen LogP contribution in [0.15, 0.2) is 132 Å². The lowest BCUT2D eigenvalue weighted by atomic mass is 9.82. The van der Waals surface area contributed by atoms with E-state index in [1.165, 1.54) is 77.3 Å². The largest absolute Gasteiger partial charge is 0.456 e. The maximum Gasteiger partial charge on any atom is 0.135 e. The van der Waals surface area contributed by atoms with Gasteiger partial charge in [0.15, 0.2) is 0 Å².